The van der Waals surface area contributed by atoms with Crippen LogP contribution in [0, 0.1) is 18.3 Å². The van der Waals surface area contributed by atoms with Gasteiger partial charge < -0.3 is 48.0 Å². The number of hydrogen-bond acceptors (Lipinski definition) is 0. The standard InChI is InChI=1S/C11H12.C6H7.C5H5.2Fe.3HI/c1-11(8-4-5-9-11)10-6-2-3-7-10;1-6-4-2-3-5-6;1-2-4-5-3-1;;;;;/h2-10H,1H3;2-5H,1H3;1-5H;;;3*1H/q;2*-1;2*+2;;;/p-2. The van der Waals surface area contributed by atoms with E-state index in [1.54, 1.807) is 0 Å². The normalized spacial score (nSPS) is 13.9. The van der Waals surface area contributed by atoms with Crippen molar-refractivity contribution in [3.63, 3.8) is 0 Å². The van der Waals surface area contributed by atoms with Crippen molar-refractivity contribution in [2.45, 2.75) is 13.8 Å². The van der Waals surface area contributed by atoms with Crippen LogP contribution in [0.2, 0.25) is 0 Å². The molecule has 0 fully saturated rings. The molecule has 0 spiro atoms. The average Bonchev–Trinajstić information content (AvgIpc) is 3.31. The molecule has 0 amide bonds. The van der Waals surface area contributed by atoms with Gasteiger partial charge in [0.2, 0.25) is 0 Å². The fourth-order valence-electron chi connectivity index (χ4n) is 2.44. The molecule has 0 saturated heterocycles. The molecular weight excluding hydrogens is 757 g/mol. The number of rotatable bonds is 1. The molecule has 0 bridgehead atoms. The van der Waals surface area contributed by atoms with Gasteiger partial charge in [0, 0.05) is 11.3 Å². The van der Waals surface area contributed by atoms with Gasteiger partial charge in [-0.05, 0) is 0 Å². The molecule has 0 saturated carbocycles. The molecule has 2 aromatic rings. The largest absolute Gasteiger partial charge is 2.00 e. The van der Waals surface area contributed by atoms with E-state index in [-0.39, 0.29) is 111 Å². The van der Waals surface area contributed by atoms with E-state index in [4.69, 9.17) is 0 Å². The fourth-order valence-corrected chi connectivity index (χ4v) is 2.44. The van der Waals surface area contributed by atoms with Crippen LogP contribution in [0.4, 0.5) is 0 Å². The van der Waals surface area contributed by atoms with Gasteiger partial charge in [-0.25, -0.2) is 24.3 Å². The van der Waals surface area contributed by atoms with E-state index in [0.717, 1.165) is 0 Å². The zero-order valence-corrected chi connectivity index (χ0v) is 24.1. The summed E-state index contributed by atoms with van der Waals surface area (Å²) in [7, 11) is 0. The number of hydrogen-bond donors (Lipinski definition) is 0. The quantitative estimate of drug-likeness (QED) is 0.226. The summed E-state index contributed by atoms with van der Waals surface area (Å²) >= 11 is 0. The van der Waals surface area contributed by atoms with Gasteiger partial charge in [0.05, 0.1) is 0 Å². The van der Waals surface area contributed by atoms with Crippen molar-refractivity contribution in [1.82, 2.24) is 0 Å². The Morgan fingerprint density at radius 1 is 0.815 bits per heavy atom. The SMILES string of the molecule is CC1(C2C=CC=C2)C=CC=C1.Cc1ccc[cH-]1.I.[Fe+2].[Fe+2].[I-].[I-].c1cc[cH-]c1. The molecule has 0 radical (unpaired) electrons. The van der Waals surface area contributed by atoms with Crippen LogP contribution in [0.15, 0.2) is 103 Å². The van der Waals surface area contributed by atoms with E-state index in [0.29, 0.717) is 5.92 Å². The van der Waals surface area contributed by atoms with Crippen LogP contribution >= 0.6 is 24.0 Å². The summed E-state index contributed by atoms with van der Waals surface area (Å²) in [4.78, 5) is 0. The van der Waals surface area contributed by atoms with E-state index in [1.165, 1.54) is 5.56 Å². The van der Waals surface area contributed by atoms with Crippen LogP contribution in [0.5, 0.6) is 0 Å². The maximum atomic E-state index is 2.26. The maximum absolute atomic E-state index is 2.26. The van der Waals surface area contributed by atoms with Crippen LogP contribution in [0.3, 0.4) is 0 Å². The minimum Gasteiger partial charge on any atom is -1.00 e. The number of halogens is 3. The fraction of sp³-hybridized carbons (Fsp3) is 0.182. The third-order valence-electron chi connectivity index (χ3n) is 3.87. The topological polar surface area (TPSA) is 0 Å². The van der Waals surface area contributed by atoms with Crippen molar-refractivity contribution in [1.29, 1.82) is 0 Å². The van der Waals surface area contributed by atoms with Gasteiger partial charge in [-0.2, -0.15) is 35.9 Å². The van der Waals surface area contributed by atoms with Crippen LogP contribution < -0.4 is 48.0 Å². The molecule has 0 aliphatic heterocycles. The number of allylic oxidation sites excluding steroid dienone is 8. The molecular formula is C22H25Fe2I3. The summed E-state index contributed by atoms with van der Waals surface area (Å²) in [6.45, 7) is 4.34. The van der Waals surface area contributed by atoms with Gasteiger partial charge in [-0.3, -0.25) is 0 Å². The maximum Gasteiger partial charge on any atom is 2.00 e. The first-order chi connectivity index (χ1) is 10.7. The van der Waals surface area contributed by atoms with E-state index in [9.17, 15) is 0 Å². The van der Waals surface area contributed by atoms with Gasteiger partial charge in [0.25, 0.3) is 0 Å². The Morgan fingerprint density at radius 2 is 1.33 bits per heavy atom. The zero-order valence-electron chi connectivity index (χ0n) is 15.3. The molecule has 0 aromatic heterocycles. The van der Waals surface area contributed by atoms with Gasteiger partial charge in [-0.1, -0.05) is 62.5 Å². The van der Waals surface area contributed by atoms with Gasteiger partial charge in [0.15, 0.2) is 0 Å². The summed E-state index contributed by atoms with van der Waals surface area (Å²) in [6.07, 6.45) is 17.5. The van der Waals surface area contributed by atoms with Crippen molar-refractivity contribution < 1.29 is 82.1 Å². The molecule has 0 nitrogen and oxygen atoms in total. The van der Waals surface area contributed by atoms with E-state index < -0.39 is 0 Å². The molecule has 4 rings (SSSR count). The molecule has 0 unspecified atom stereocenters. The Bertz CT molecular complexity index is 598. The molecule has 5 heteroatoms. The zero-order chi connectivity index (χ0) is 15.7. The second-order valence-corrected chi connectivity index (χ2v) is 5.80. The third-order valence-corrected chi connectivity index (χ3v) is 3.87. The summed E-state index contributed by atoms with van der Waals surface area (Å²) in [5.41, 5.74) is 1.58. The first-order valence-corrected chi connectivity index (χ1v) is 7.78. The van der Waals surface area contributed by atoms with Crippen molar-refractivity contribution >= 4 is 24.0 Å². The van der Waals surface area contributed by atoms with Gasteiger partial charge in [0.1, 0.15) is 0 Å². The summed E-state index contributed by atoms with van der Waals surface area (Å²) < 4.78 is 0. The van der Waals surface area contributed by atoms with Crippen molar-refractivity contribution in [2.75, 3.05) is 0 Å². The van der Waals surface area contributed by atoms with Crippen LogP contribution in [-0.4, -0.2) is 0 Å². The van der Waals surface area contributed by atoms with Crippen molar-refractivity contribution in [3.8, 4) is 0 Å². The Labute approximate surface area is 237 Å². The summed E-state index contributed by atoms with van der Waals surface area (Å²) in [5.74, 6) is 0.567. The molecule has 2 aliphatic rings. The average molecular weight is 782 g/mol. The van der Waals surface area contributed by atoms with Crippen LogP contribution in [0.25, 0.3) is 0 Å². The monoisotopic (exact) mass is 782 g/mol. The van der Waals surface area contributed by atoms with Crippen LogP contribution in [-0.2, 0) is 34.1 Å². The van der Waals surface area contributed by atoms with E-state index in [2.05, 4.69) is 74.6 Å². The van der Waals surface area contributed by atoms with E-state index >= 15 is 0 Å². The smallest absolute Gasteiger partial charge is 1.00 e. The van der Waals surface area contributed by atoms with Crippen molar-refractivity contribution in [3.05, 3.63) is 109 Å². The first kappa shape index (κ1) is 35.3. The van der Waals surface area contributed by atoms with Crippen molar-refractivity contribution in [2.24, 2.45) is 11.3 Å². The van der Waals surface area contributed by atoms with Gasteiger partial charge >= 0.3 is 34.1 Å². The molecule has 2 aromatic carbocycles. The molecule has 2 aliphatic carbocycles. The van der Waals surface area contributed by atoms with E-state index in [1.807, 2.05) is 42.5 Å². The third kappa shape index (κ3) is 13.7. The predicted octanol–water partition coefficient (Wildman–Crippen LogP) is 0.601. The second kappa shape index (κ2) is 20.2. The first-order valence-electron chi connectivity index (χ1n) is 7.78. The Hall–Kier alpha value is 0.889. The summed E-state index contributed by atoms with van der Waals surface area (Å²) in [6, 6.07) is 18.2. The minimum absolute atomic E-state index is 0. The molecule has 27 heavy (non-hydrogen) atoms. The molecule has 150 valence electrons. The Kier molecular flexibility index (Phi) is 26.4. The number of aryl methyl sites for hydroxylation is 1. The summed E-state index contributed by atoms with van der Waals surface area (Å²) in [5, 5.41) is 0. The molecule has 0 heterocycles. The second-order valence-electron chi connectivity index (χ2n) is 5.80. The van der Waals surface area contributed by atoms with Gasteiger partial charge in [-0.15, -0.1) is 24.0 Å². The predicted molar refractivity (Wildman–Crippen MR) is 112 cm³/mol. The molecule has 0 N–H and O–H groups in total. The minimum atomic E-state index is 0. The molecule has 0 atom stereocenters. The Balaban J connectivity index is -0.000000145. The van der Waals surface area contributed by atoms with Crippen LogP contribution in [0.1, 0.15) is 12.5 Å². The Morgan fingerprint density at radius 3 is 1.63 bits per heavy atom.